The first-order chi connectivity index (χ1) is 19.6. The number of carbonyl (C=O) groups excluding carboxylic acids is 6. The molecule has 0 fully saturated rings. The maximum absolute atomic E-state index is 10.4. The molecule has 0 saturated carbocycles. The van der Waals surface area contributed by atoms with Gasteiger partial charge >= 0.3 is 63.8 Å². The zero-order valence-corrected chi connectivity index (χ0v) is 29.9. The molecule has 0 aromatic rings. The van der Waals surface area contributed by atoms with Gasteiger partial charge in [-0.25, -0.2) is 0 Å². The molecule has 0 heterocycles. The topological polar surface area (TPSA) is 761 Å². The van der Waals surface area contributed by atoms with E-state index < -0.39 is 62.4 Å². The van der Waals surface area contributed by atoms with Crippen molar-refractivity contribution in [1.29, 1.82) is 0 Å². The van der Waals surface area contributed by atoms with E-state index in [-0.39, 0.29) is 104 Å². The number of nitrogens with two attached hydrogens (primary N) is 12. The van der Waals surface area contributed by atoms with Crippen LogP contribution in [0.2, 0.25) is 0 Å². The Morgan fingerprint density at radius 2 is 0.460 bits per heavy atom. The van der Waals surface area contributed by atoms with E-state index in [2.05, 4.69) is 67.5 Å². The summed E-state index contributed by atoms with van der Waals surface area (Å²) in [5, 5.41) is 93.3. The van der Waals surface area contributed by atoms with Gasteiger partial charge in [-0.05, 0) is 12.3 Å². The summed E-state index contributed by atoms with van der Waals surface area (Å²) in [6.07, 6.45) is -4.67. The van der Waals surface area contributed by atoms with Crippen molar-refractivity contribution in [3.8, 4) is 0 Å². The molecular formula is C16H46N14O19Th. The Balaban J connectivity index is -0.0000000345. The van der Waals surface area contributed by atoms with E-state index in [4.69, 9.17) is 30.0 Å². The first-order valence-corrected chi connectivity index (χ1v) is 10.1. The molecule has 0 aromatic carbocycles. The molecule has 0 aliphatic heterocycles. The summed E-state index contributed by atoms with van der Waals surface area (Å²) in [6, 6.07) is 0. The van der Waals surface area contributed by atoms with Crippen molar-refractivity contribution >= 4 is 60.0 Å². The molecule has 0 aromatic heterocycles. The summed E-state index contributed by atoms with van der Waals surface area (Å²) >= 11 is 0. The second-order valence-electron chi connectivity index (χ2n) is 6.41. The van der Waals surface area contributed by atoms with Crippen molar-refractivity contribution in [2.24, 2.45) is 45.9 Å². The number of carboxylic acid groups (broad SMARTS) is 8. The summed E-state index contributed by atoms with van der Waals surface area (Å²) in [7, 11) is 0. The van der Waals surface area contributed by atoms with E-state index in [0.717, 1.165) is 9.80 Å². The Labute approximate surface area is 312 Å². The number of hydrogen-bond donors (Lipinski definition) is 12. The molecule has 34 N–H and O–H groups in total. The van der Waals surface area contributed by atoms with Crippen molar-refractivity contribution in [1.82, 2.24) is 9.80 Å². The summed E-state index contributed by atoms with van der Waals surface area (Å²) in [5.41, 5.74) is 36.7. The predicted molar refractivity (Wildman–Crippen MR) is 143 cm³/mol. The van der Waals surface area contributed by atoms with E-state index >= 15 is 0 Å². The summed E-state index contributed by atoms with van der Waals surface area (Å²) in [4.78, 5) is 60.1. The van der Waals surface area contributed by atoms with Gasteiger partial charge in [-0.1, -0.05) is 0 Å². The van der Waals surface area contributed by atoms with Crippen LogP contribution >= 0.6 is 0 Å². The van der Waals surface area contributed by atoms with Crippen LogP contribution in [0.15, 0.2) is 0 Å². The Kier molecular flexibility index (Phi) is 100. The SMILES string of the molecule is NC(N)=[NH2+].NC(N)=[NH2+].NC(N)=[NH2+].NC(N)=[NH2+].O.O.O.O.O.O=C([O-])CN(CCN(CC(=O)[O-])CC(=O)[O-])CC(=O)[O-].O=C([O-])[O-].O=C([O-])[O-].[Th+4]. The molecule has 0 spiro atoms. The van der Waals surface area contributed by atoms with Gasteiger partial charge in [-0.3, -0.25) is 77.3 Å². The van der Waals surface area contributed by atoms with Crippen LogP contribution in [-0.4, -0.2) is 136 Å². The fourth-order valence-electron chi connectivity index (χ4n) is 1.44. The fourth-order valence-corrected chi connectivity index (χ4v) is 1.44. The van der Waals surface area contributed by atoms with Crippen LogP contribution in [0.4, 0.5) is 9.59 Å². The minimum Gasteiger partial charge on any atom is -0.652 e. The fraction of sp³-hybridized carbons (Fsp3) is 0.375. The van der Waals surface area contributed by atoms with Crippen LogP contribution in [-0.2, 0) is 19.2 Å². The van der Waals surface area contributed by atoms with E-state index in [9.17, 15) is 39.6 Å². The molecule has 0 aliphatic carbocycles. The zero-order valence-electron chi connectivity index (χ0n) is 25.8. The number of aliphatic carboxylic acids is 4. The quantitative estimate of drug-likeness (QED) is 0.0676. The zero-order chi connectivity index (χ0) is 37.2. The van der Waals surface area contributed by atoms with Gasteiger partial charge in [-0.2, -0.15) is 0 Å². The average molecular weight is 971 g/mol. The number of hydrogen-bond acceptors (Lipinski definition) is 16. The summed E-state index contributed by atoms with van der Waals surface area (Å²) < 4.78 is 0. The van der Waals surface area contributed by atoms with E-state index in [1.54, 1.807) is 0 Å². The third-order valence-corrected chi connectivity index (χ3v) is 2.14. The number of nitrogens with zero attached hydrogens (tertiary/aromatic N) is 2. The van der Waals surface area contributed by atoms with Crippen LogP contribution in [0.25, 0.3) is 0 Å². The van der Waals surface area contributed by atoms with Gasteiger partial charge in [0.1, 0.15) is 0 Å². The first kappa shape index (κ1) is 84.9. The predicted octanol–water partition coefficient (Wildman–Crippen LogP) is -28.4. The molecular weight excluding hydrogens is 924 g/mol. The van der Waals surface area contributed by atoms with Gasteiger partial charge in [0.05, 0.1) is 23.9 Å². The maximum Gasteiger partial charge on any atom is 4.00 e. The number of carboxylic acids is 4. The van der Waals surface area contributed by atoms with Crippen LogP contribution < -0.4 is 108 Å². The molecule has 298 valence electrons. The smallest absolute Gasteiger partial charge is 0.652 e. The number of guanidine groups is 4. The normalized spacial score (nSPS) is 7.16. The molecule has 0 atom stereocenters. The molecule has 33 nitrogen and oxygen atoms in total. The van der Waals surface area contributed by atoms with Crippen LogP contribution in [0.3, 0.4) is 0 Å². The Morgan fingerprint density at radius 1 is 0.380 bits per heavy atom. The maximum atomic E-state index is 10.4. The van der Waals surface area contributed by atoms with Crippen molar-refractivity contribution in [3.05, 3.63) is 0 Å². The molecule has 0 bridgehead atoms. The molecule has 0 amide bonds. The average Bonchev–Trinajstić information content (AvgIpc) is 2.67. The standard InChI is InChI=1S/C10H16N2O8.4CH5N3.2CH2O3.5H2O.Th/c13-7(14)3-11(4-8(15)16)1-2-12(5-9(17)18)6-10(19)20;6*2-1(3)4;;;;;;/h1-6H2,(H,13,14)(H,15,16)(H,17,18)(H,19,20);4*(H5,2,3,4);2*(H2,2,3,4);5*1H2;/q;;;;;;;;;;;;+4/p-4. The van der Waals surface area contributed by atoms with E-state index in [0.29, 0.717) is 0 Å². The van der Waals surface area contributed by atoms with Gasteiger partial charge < -0.3 is 97.0 Å². The minimum absolute atomic E-state index is 0. The van der Waals surface area contributed by atoms with Crippen molar-refractivity contribution in [2.45, 2.75) is 0 Å². The molecule has 34 heteroatoms. The van der Waals surface area contributed by atoms with Crippen LogP contribution in [0.5, 0.6) is 0 Å². The van der Waals surface area contributed by atoms with Gasteiger partial charge in [0.2, 0.25) is 0 Å². The molecule has 0 aliphatic rings. The number of carbonyl (C=O) groups is 6. The van der Waals surface area contributed by atoms with Gasteiger partial charge in [0.15, 0.2) is 0 Å². The monoisotopic (exact) mass is 970 g/mol. The van der Waals surface area contributed by atoms with Gasteiger partial charge in [0.25, 0.3) is 0 Å². The van der Waals surface area contributed by atoms with Gasteiger partial charge in [0, 0.05) is 39.3 Å². The van der Waals surface area contributed by atoms with Gasteiger partial charge in [-0.15, -0.1) is 0 Å². The first-order valence-electron chi connectivity index (χ1n) is 10.1. The Hall–Kier alpha value is -5.46. The van der Waals surface area contributed by atoms with Crippen LogP contribution in [0.1, 0.15) is 0 Å². The van der Waals surface area contributed by atoms with Crippen molar-refractivity contribution in [3.63, 3.8) is 0 Å². The molecule has 0 radical (unpaired) electrons. The Bertz CT molecular complexity index is 748. The van der Waals surface area contributed by atoms with E-state index in [1.807, 2.05) is 0 Å². The third kappa shape index (κ3) is 304. The summed E-state index contributed by atoms with van der Waals surface area (Å²) in [5.74, 6) is -6.45. The molecule has 50 heavy (non-hydrogen) atoms. The second kappa shape index (κ2) is 59.0. The molecule has 0 unspecified atom stereocenters. The summed E-state index contributed by atoms with van der Waals surface area (Å²) in [6.45, 7) is -3.25. The minimum atomic E-state index is -2.33. The molecule has 0 saturated heterocycles. The molecule has 0 rings (SSSR count). The Morgan fingerprint density at radius 3 is 0.520 bits per heavy atom. The van der Waals surface area contributed by atoms with Crippen molar-refractivity contribution < 1.29 is 159 Å². The van der Waals surface area contributed by atoms with Crippen molar-refractivity contribution in [2.75, 3.05) is 39.3 Å². The van der Waals surface area contributed by atoms with E-state index in [1.165, 1.54) is 0 Å². The number of rotatable bonds is 11. The third-order valence-electron chi connectivity index (χ3n) is 2.14. The van der Waals surface area contributed by atoms with Crippen LogP contribution in [0, 0.1) is 39.9 Å². The largest absolute Gasteiger partial charge is 4.00 e. The second-order valence-corrected chi connectivity index (χ2v) is 6.41.